The summed E-state index contributed by atoms with van der Waals surface area (Å²) < 4.78 is 0. The normalized spacial score (nSPS) is 15.5. The van der Waals surface area contributed by atoms with Gasteiger partial charge in [0.05, 0.1) is 10.8 Å². The molecule has 0 amide bonds. The number of fused-ring (bicyclic) bond motifs is 22. The van der Waals surface area contributed by atoms with E-state index in [0.717, 1.165) is 34.1 Å². The van der Waals surface area contributed by atoms with Gasteiger partial charge in [-0.2, -0.15) is 0 Å². The van der Waals surface area contributed by atoms with Crippen molar-refractivity contribution in [3.8, 4) is 44.5 Å². The van der Waals surface area contributed by atoms with Crippen LogP contribution in [-0.4, -0.2) is 0 Å². The molecule has 0 heterocycles. The first-order chi connectivity index (χ1) is 40.2. The Bertz CT molecular complexity index is 4270. The van der Waals surface area contributed by atoms with Crippen molar-refractivity contribution in [3.05, 3.63) is 346 Å². The molecule has 82 heavy (non-hydrogen) atoms. The monoisotopic (exact) mass is 1050 g/mol. The van der Waals surface area contributed by atoms with E-state index in [1.54, 1.807) is 0 Å². The number of anilines is 6. The summed E-state index contributed by atoms with van der Waals surface area (Å²) in [6.45, 7) is 9.54. The highest BCUT2D eigenvalue weighted by Gasteiger charge is 2.59. The molecule has 2 spiro atoms. The molecule has 0 N–H and O–H groups in total. The molecule has 0 bridgehead atoms. The number of hydrogen-bond acceptors (Lipinski definition) is 2. The van der Waals surface area contributed by atoms with Crippen molar-refractivity contribution in [1.82, 2.24) is 0 Å². The van der Waals surface area contributed by atoms with Gasteiger partial charge in [0.1, 0.15) is 0 Å². The van der Waals surface area contributed by atoms with Crippen LogP contribution in [-0.2, 0) is 21.7 Å². The van der Waals surface area contributed by atoms with Crippen molar-refractivity contribution in [3.63, 3.8) is 0 Å². The Hall–Kier alpha value is -9.76. The molecule has 0 fully saturated rings. The molecule has 388 valence electrons. The minimum Gasteiger partial charge on any atom is -0.310 e. The molecular formula is C80H58N2. The van der Waals surface area contributed by atoms with Crippen LogP contribution < -0.4 is 9.80 Å². The second kappa shape index (κ2) is 16.9. The summed E-state index contributed by atoms with van der Waals surface area (Å²) in [6, 6.07) is 107. The van der Waals surface area contributed by atoms with Gasteiger partial charge >= 0.3 is 0 Å². The highest BCUT2D eigenvalue weighted by Crippen LogP contribution is 2.69. The van der Waals surface area contributed by atoms with E-state index in [1.807, 2.05) is 0 Å². The van der Waals surface area contributed by atoms with E-state index in [0.29, 0.717) is 0 Å². The van der Waals surface area contributed by atoms with E-state index >= 15 is 0 Å². The molecular weight excluding hydrogens is 989 g/mol. The molecule has 0 saturated heterocycles. The second-order valence-corrected chi connectivity index (χ2v) is 24.3. The van der Waals surface area contributed by atoms with E-state index in [9.17, 15) is 0 Å². The van der Waals surface area contributed by atoms with Gasteiger partial charge in [-0.15, -0.1) is 0 Å². The van der Waals surface area contributed by atoms with Crippen LogP contribution in [0.1, 0.15) is 94.5 Å². The Labute approximate surface area is 480 Å². The number of nitrogens with zero attached hydrogens (tertiary/aromatic N) is 2. The quantitative estimate of drug-likeness (QED) is 0.164. The first kappa shape index (κ1) is 47.1. The van der Waals surface area contributed by atoms with Gasteiger partial charge in [0, 0.05) is 45.0 Å². The van der Waals surface area contributed by atoms with Crippen LogP contribution in [0, 0.1) is 0 Å². The number of benzene rings is 12. The predicted octanol–water partition coefficient (Wildman–Crippen LogP) is 20.3. The van der Waals surface area contributed by atoms with E-state index < -0.39 is 10.8 Å². The number of para-hydroxylation sites is 2. The lowest BCUT2D eigenvalue weighted by molar-refractivity contribution is 0.633. The number of rotatable bonds is 6. The summed E-state index contributed by atoms with van der Waals surface area (Å²) in [7, 11) is 0. The third-order valence-corrected chi connectivity index (χ3v) is 19.7. The molecule has 12 aromatic rings. The van der Waals surface area contributed by atoms with Crippen LogP contribution >= 0.6 is 0 Å². The third kappa shape index (κ3) is 6.03. The van der Waals surface area contributed by atoms with Crippen molar-refractivity contribution in [1.29, 1.82) is 0 Å². The standard InChI is InChI=1S/C80H58N2/c1-77(2)65-33-17-11-27-57(65)63-43-39-53(47-73(63)77)81(51-23-7-5-8-24-51)55-41-45-71-75(49-55)79(67-35-19-13-29-59(67)60-30-14-20-36-68(60)79)72-46-42-56(50-76(72)80(71)69-37-21-15-31-61(69)62-32-16-22-38-70(62)80)82(52-25-9-6-10-26-52)54-40-44-64-58-28-12-18-34-66(58)78(3,4)74(64)48-54/h5-50H,1-4H3. The molecule has 5 aliphatic rings. The van der Waals surface area contributed by atoms with Gasteiger partial charge in [-0.05, 0) is 184 Å². The Balaban J connectivity index is 0.973. The third-order valence-electron chi connectivity index (χ3n) is 19.7. The first-order valence-electron chi connectivity index (χ1n) is 29.1. The van der Waals surface area contributed by atoms with Crippen LogP contribution in [0.2, 0.25) is 0 Å². The lowest BCUT2D eigenvalue weighted by Crippen LogP contribution is -2.44. The Morgan fingerprint density at radius 3 is 0.756 bits per heavy atom. The fourth-order valence-corrected chi connectivity index (χ4v) is 16.2. The van der Waals surface area contributed by atoms with E-state index in [-0.39, 0.29) is 10.8 Å². The SMILES string of the molecule is CC1(C)c2ccccc2-c2ccc(N(c3ccccc3)c3ccc4c(c3)C3(c5ccccc5-c5ccccc53)c3ccc(N(c5ccccc5)c5ccc6c(c5)C(C)(C)c5ccccc5-6)cc3C43c4ccccc4-c4ccccc43)cc21. The zero-order valence-corrected chi connectivity index (χ0v) is 46.5. The molecule has 17 rings (SSSR count). The molecule has 0 saturated carbocycles. The summed E-state index contributed by atoms with van der Waals surface area (Å²) in [5, 5.41) is 0. The van der Waals surface area contributed by atoms with Gasteiger partial charge < -0.3 is 9.80 Å². The molecule has 0 radical (unpaired) electrons. The zero-order valence-electron chi connectivity index (χ0n) is 46.5. The highest BCUT2D eigenvalue weighted by atomic mass is 15.1. The smallest absolute Gasteiger partial charge is 0.0720 e. The van der Waals surface area contributed by atoms with Gasteiger partial charge in [-0.3, -0.25) is 0 Å². The zero-order chi connectivity index (χ0) is 54.7. The molecule has 2 heteroatoms. The molecule has 0 unspecified atom stereocenters. The number of hydrogen-bond donors (Lipinski definition) is 0. The van der Waals surface area contributed by atoms with Crippen LogP contribution in [0.3, 0.4) is 0 Å². The molecule has 2 nitrogen and oxygen atoms in total. The van der Waals surface area contributed by atoms with Crippen LogP contribution in [0.4, 0.5) is 34.1 Å². The van der Waals surface area contributed by atoms with Crippen LogP contribution in [0.15, 0.2) is 279 Å². The first-order valence-corrected chi connectivity index (χ1v) is 29.1. The van der Waals surface area contributed by atoms with Crippen molar-refractivity contribution in [2.24, 2.45) is 0 Å². The summed E-state index contributed by atoms with van der Waals surface area (Å²) >= 11 is 0. The van der Waals surface area contributed by atoms with Gasteiger partial charge in [0.25, 0.3) is 0 Å². The minimum absolute atomic E-state index is 0.168. The van der Waals surface area contributed by atoms with Crippen molar-refractivity contribution in [2.75, 3.05) is 9.80 Å². The fraction of sp³-hybridized carbons (Fsp3) is 0.100. The van der Waals surface area contributed by atoms with Crippen molar-refractivity contribution < 1.29 is 0 Å². The van der Waals surface area contributed by atoms with Gasteiger partial charge in [-0.1, -0.05) is 234 Å². The van der Waals surface area contributed by atoms with Crippen molar-refractivity contribution in [2.45, 2.75) is 49.4 Å². The minimum atomic E-state index is -0.713. The Morgan fingerprint density at radius 2 is 0.427 bits per heavy atom. The highest BCUT2D eigenvalue weighted by molar-refractivity contribution is 5.96. The molecule has 0 atom stereocenters. The second-order valence-electron chi connectivity index (χ2n) is 24.3. The van der Waals surface area contributed by atoms with E-state index in [4.69, 9.17) is 0 Å². The molecule has 0 aliphatic heterocycles. The average Bonchev–Trinajstić information content (AvgIpc) is 1.68. The predicted molar refractivity (Wildman–Crippen MR) is 339 cm³/mol. The Kier molecular flexibility index (Phi) is 9.70. The van der Waals surface area contributed by atoms with Crippen molar-refractivity contribution >= 4 is 34.1 Å². The largest absolute Gasteiger partial charge is 0.310 e. The van der Waals surface area contributed by atoms with E-state index in [2.05, 4.69) is 317 Å². The van der Waals surface area contributed by atoms with Crippen LogP contribution in [0.25, 0.3) is 44.5 Å². The Morgan fingerprint density at radius 1 is 0.183 bits per heavy atom. The lowest BCUT2D eigenvalue weighted by Gasteiger charge is -2.49. The molecule has 12 aromatic carbocycles. The van der Waals surface area contributed by atoms with Crippen LogP contribution in [0.5, 0.6) is 0 Å². The maximum atomic E-state index is 2.59. The van der Waals surface area contributed by atoms with Gasteiger partial charge in [0.2, 0.25) is 0 Å². The van der Waals surface area contributed by atoms with E-state index in [1.165, 1.54) is 111 Å². The maximum absolute atomic E-state index is 2.59. The van der Waals surface area contributed by atoms with Gasteiger partial charge in [0.15, 0.2) is 0 Å². The fourth-order valence-electron chi connectivity index (χ4n) is 16.2. The summed E-state index contributed by atoms with van der Waals surface area (Å²) in [5.41, 5.74) is 31.2. The average molecular weight is 1050 g/mol. The summed E-state index contributed by atoms with van der Waals surface area (Å²) in [5.74, 6) is 0. The maximum Gasteiger partial charge on any atom is 0.0720 e. The summed E-state index contributed by atoms with van der Waals surface area (Å²) in [6.07, 6.45) is 0. The molecule has 5 aliphatic carbocycles. The topological polar surface area (TPSA) is 6.48 Å². The van der Waals surface area contributed by atoms with Gasteiger partial charge in [-0.25, -0.2) is 0 Å². The molecule has 0 aromatic heterocycles. The lowest BCUT2D eigenvalue weighted by atomic mass is 9.52. The summed E-state index contributed by atoms with van der Waals surface area (Å²) in [4.78, 5) is 5.02.